The van der Waals surface area contributed by atoms with Crippen molar-refractivity contribution in [1.29, 1.82) is 0 Å². The Hall–Kier alpha value is -2.14. The minimum Gasteiger partial charge on any atom is -0.466 e. The Labute approximate surface area is 136 Å². The molecule has 0 aliphatic carbocycles. The topological polar surface area (TPSA) is 65.1 Å². The van der Waals surface area contributed by atoms with Crippen molar-refractivity contribution in [3.63, 3.8) is 0 Å². The van der Waals surface area contributed by atoms with Gasteiger partial charge in [0.2, 0.25) is 0 Å². The first-order valence-electron chi connectivity index (χ1n) is 7.59. The van der Waals surface area contributed by atoms with Crippen molar-refractivity contribution in [3.05, 3.63) is 48.0 Å². The van der Waals surface area contributed by atoms with Crippen molar-refractivity contribution in [2.45, 2.75) is 37.9 Å². The highest BCUT2D eigenvalue weighted by molar-refractivity contribution is 5.82. The van der Waals surface area contributed by atoms with Gasteiger partial charge in [-0.2, -0.15) is 0 Å². The van der Waals surface area contributed by atoms with Gasteiger partial charge >= 0.3 is 11.9 Å². The van der Waals surface area contributed by atoms with Gasteiger partial charge in [-0.15, -0.1) is 0 Å². The fourth-order valence-electron chi connectivity index (χ4n) is 2.22. The van der Waals surface area contributed by atoms with Crippen molar-refractivity contribution in [1.82, 2.24) is 0 Å². The molecule has 5 heteroatoms. The summed E-state index contributed by atoms with van der Waals surface area (Å²) in [4.78, 5) is 23.4. The Morgan fingerprint density at radius 1 is 1.35 bits per heavy atom. The lowest BCUT2D eigenvalue weighted by Crippen LogP contribution is -2.31. The number of benzene rings is 1. The van der Waals surface area contributed by atoms with Gasteiger partial charge in [-0.25, -0.2) is 4.79 Å². The maximum absolute atomic E-state index is 12.2. The van der Waals surface area contributed by atoms with E-state index in [1.165, 1.54) is 19.3 Å². The van der Waals surface area contributed by atoms with Crippen LogP contribution in [-0.4, -0.2) is 37.4 Å². The molecule has 1 aliphatic rings. The molecule has 2 rings (SSSR count). The van der Waals surface area contributed by atoms with Gasteiger partial charge in [-0.05, 0) is 24.5 Å². The highest BCUT2D eigenvalue weighted by Gasteiger charge is 2.48. The molecule has 0 N–H and O–H groups in total. The number of carbonyl (C=O) groups excluding carboxylic acids is 2. The molecule has 1 fully saturated rings. The van der Waals surface area contributed by atoms with Crippen molar-refractivity contribution >= 4 is 11.9 Å². The van der Waals surface area contributed by atoms with Crippen LogP contribution in [0.25, 0.3) is 0 Å². The second-order valence-electron chi connectivity index (χ2n) is 5.91. The molecule has 1 saturated heterocycles. The number of ether oxygens (including phenoxy) is 3. The molecule has 5 nitrogen and oxygen atoms in total. The lowest BCUT2D eigenvalue weighted by Gasteiger charge is -2.19. The third-order valence-corrected chi connectivity index (χ3v) is 3.91. The first kappa shape index (κ1) is 17.2. The maximum Gasteiger partial charge on any atom is 0.330 e. The first-order chi connectivity index (χ1) is 10.9. The monoisotopic (exact) mass is 318 g/mol. The lowest BCUT2D eigenvalue weighted by molar-refractivity contribution is -0.150. The van der Waals surface area contributed by atoms with Crippen LogP contribution in [0.2, 0.25) is 0 Å². The minimum atomic E-state index is -0.600. The largest absolute Gasteiger partial charge is 0.466 e. The van der Waals surface area contributed by atoms with E-state index >= 15 is 0 Å². The summed E-state index contributed by atoms with van der Waals surface area (Å²) in [7, 11) is 1.30. The summed E-state index contributed by atoms with van der Waals surface area (Å²) >= 11 is 0. The number of hydrogen-bond donors (Lipinski definition) is 0. The van der Waals surface area contributed by atoms with E-state index in [0.29, 0.717) is 6.61 Å². The van der Waals surface area contributed by atoms with Crippen LogP contribution in [0.1, 0.15) is 31.7 Å². The molecule has 124 valence electrons. The number of hydrogen-bond acceptors (Lipinski definition) is 5. The van der Waals surface area contributed by atoms with Gasteiger partial charge in [0.25, 0.3) is 0 Å². The second-order valence-corrected chi connectivity index (χ2v) is 5.91. The van der Waals surface area contributed by atoms with E-state index in [9.17, 15) is 9.59 Å². The molecule has 1 aromatic carbocycles. The molecule has 0 bridgehead atoms. The number of methoxy groups -OCH3 is 1. The van der Waals surface area contributed by atoms with E-state index in [-0.39, 0.29) is 18.3 Å². The van der Waals surface area contributed by atoms with E-state index in [1.807, 2.05) is 44.2 Å². The van der Waals surface area contributed by atoms with Gasteiger partial charge in [0.05, 0.1) is 20.1 Å². The number of carbonyl (C=O) groups is 2. The minimum absolute atomic E-state index is 0.0573. The Bertz CT molecular complexity index is 574. The average molecular weight is 318 g/mol. The normalized spacial score (nSPS) is 22.4. The van der Waals surface area contributed by atoms with Gasteiger partial charge in [-0.3, -0.25) is 4.79 Å². The zero-order chi connectivity index (χ0) is 16.9. The Morgan fingerprint density at radius 3 is 2.57 bits per heavy atom. The van der Waals surface area contributed by atoms with Crippen LogP contribution in [0.4, 0.5) is 0 Å². The van der Waals surface area contributed by atoms with E-state index in [1.54, 1.807) is 0 Å². The summed E-state index contributed by atoms with van der Waals surface area (Å²) in [5.41, 5.74) is 0.524. The van der Waals surface area contributed by atoms with Crippen molar-refractivity contribution in [2.75, 3.05) is 13.7 Å². The predicted octanol–water partition coefficient (Wildman–Crippen LogP) is 2.61. The quantitative estimate of drug-likeness (QED) is 0.439. The smallest absolute Gasteiger partial charge is 0.330 e. The molecule has 0 radical (unpaired) electrons. The molecule has 3 atom stereocenters. The molecule has 0 saturated carbocycles. The predicted molar refractivity (Wildman–Crippen MR) is 84.9 cm³/mol. The van der Waals surface area contributed by atoms with Gasteiger partial charge < -0.3 is 14.2 Å². The zero-order valence-corrected chi connectivity index (χ0v) is 13.7. The molecular weight excluding hydrogens is 296 g/mol. The fraction of sp³-hybridized carbons (Fsp3) is 0.444. The van der Waals surface area contributed by atoms with Crippen molar-refractivity contribution < 1.29 is 23.8 Å². The van der Waals surface area contributed by atoms with Crippen LogP contribution < -0.4 is 0 Å². The molecule has 0 amide bonds. The van der Waals surface area contributed by atoms with Gasteiger partial charge in [0.15, 0.2) is 6.10 Å². The van der Waals surface area contributed by atoms with Gasteiger partial charge in [-0.1, -0.05) is 37.3 Å². The maximum atomic E-state index is 12.2. The molecule has 0 unspecified atom stereocenters. The van der Waals surface area contributed by atoms with Crippen molar-refractivity contribution in [2.24, 2.45) is 0 Å². The van der Waals surface area contributed by atoms with E-state index in [0.717, 1.165) is 5.56 Å². The third kappa shape index (κ3) is 4.93. The van der Waals surface area contributed by atoms with Gasteiger partial charge in [0, 0.05) is 6.08 Å². The molecule has 23 heavy (non-hydrogen) atoms. The molecule has 1 aromatic rings. The molecule has 0 spiro atoms. The van der Waals surface area contributed by atoms with Gasteiger partial charge in [0.1, 0.15) is 5.60 Å². The first-order valence-corrected chi connectivity index (χ1v) is 7.59. The molecule has 0 aromatic heterocycles. The Morgan fingerprint density at radius 2 is 2.00 bits per heavy atom. The van der Waals surface area contributed by atoms with Crippen LogP contribution in [0.3, 0.4) is 0 Å². The van der Waals surface area contributed by atoms with Crippen LogP contribution >= 0.6 is 0 Å². The van der Waals surface area contributed by atoms with Crippen LogP contribution in [0.15, 0.2) is 42.5 Å². The Kier molecular flexibility index (Phi) is 5.55. The van der Waals surface area contributed by atoms with E-state index in [4.69, 9.17) is 9.47 Å². The molecule has 1 heterocycles. The lowest BCUT2D eigenvalue weighted by atomic mass is 9.98. The standard InChI is InChI=1S/C18H22O5/c1-13(14-7-5-4-6-8-14)11-17(20)23-15(18(2)12-22-18)9-10-16(19)21-3/h4-10,13,15H,11-12H2,1-3H3/b10-9+/t13-,15-,18+/m1/s1. The SMILES string of the molecule is COC(=O)/C=C/[C@@H](OC(=O)C[C@@H](C)c1ccccc1)[C@]1(C)CO1. The van der Waals surface area contributed by atoms with E-state index < -0.39 is 17.7 Å². The summed E-state index contributed by atoms with van der Waals surface area (Å²) in [5.74, 6) is -0.757. The number of epoxide rings is 1. The third-order valence-electron chi connectivity index (χ3n) is 3.91. The number of rotatable bonds is 7. The van der Waals surface area contributed by atoms with E-state index in [2.05, 4.69) is 4.74 Å². The molecule has 1 aliphatic heterocycles. The summed E-state index contributed by atoms with van der Waals surface area (Å²) < 4.78 is 15.4. The zero-order valence-electron chi connectivity index (χ0n) is 13.7. The average Bonchev–Trinajstić information content (AvgIpc) is 3.30. The molecular formula is C18H22O5. The van der Waals surface area contributed by atoms with Crippen LogP contribution in [-0.2, 0) is 23.8 Å². The number of esters is 2. The van der Waals surface area contributed by atoms with Crippen LogP contribution in [0, 0.1) is 0 Å². The van der Waals surface area contributed by atoms with Crippen LogP contribution in [0.5, 0.6) is 0 Å². The highest BCUT2D eigenvalue weighted by Crippen LogP contribution is 2.33. The highest BCUT2D eigenvalue weighted by atomic mass is 16.6. The summed E-state index contributed by atoms with van der Waals surface area (Å²) in [6.07, 6.45) is 2.44. The summed E-state index contributed by atoms with van der Waals surface area (Å²) in [5, 5.41) is 0. The fourth-order valence-corrected chi connectivity index (χ4v) is 2.22. The summed E-state index contributed by atoms with van der Waals surface area (Å²) in [6, 6.07) is 9.79. The van der Waals surface area contributed by atoms with Crippen molar-refractivity contribution in [3.8, 4) is 0 Å². The summed E-state index contributed by atoms with van der Waals surface area (Å²) in [6.45, 7) is 4.31. The Balaban J connectivity index is 1.95. The second kappa shape index (κ2) is 7.42.